The van der Waals surface area contributed by atoms with E-state index in [2.05, 4.69) is 18.0 Å². The van der Waals surface area contributed by atoms with Crippen molar-refractivity contribution < 1.29 is 33.6 Å². The van der Waals surface area contributed by atoms with Crippen molar-refractivity contribution in [1.82, 2.24) is 0 Å². The molecule has 0 radical (unpaired) electrons. The number of benzene rings is 3. The summed E-state index contributed by atoms with van der Waals surface area (Å²) in [6.45, 7) is 8.38. The quantitative estimate of drug-likeness (QED) is 0.158. The zero-order chi connectivity index (χ0) is 24.0. The Balaban J connectivity index is 1.78. The Morgan fingerprint density at radius 2 is 1.52 bits per heavy atom. The Labute approximate surface area is 190 Å². The van der Waals surface area contributed by atoms with Crippen LogP contribution < -0.4 is 9.47 Å². The van der Waals surface area contributed by atoms with Gasteiger partial charge in [-0.25, -0.2) is 18.9 Å². The van der Waals surface area contributed by atoms with Gasteiger partial charge in [0.25, 0.3) is 0 Å². The lowest BCUT2D eigenvalue weighted by Crippen LogP contribution is -2.08. The largest absolute Gasteiger partial charge is 0.423 e. The van der Waals surface area contributed by atoms with Gasteiger partial charge in [-0.1, -0.05) is 49.6 Å². The molecule has 0 saturated carbocycles. The van der Waals surface area contributed by atoms with Gasteiger partial charge in [-0.3, -0.25) is 5.26 Å². The van der Waals surface area contributed by atoms with E-state index in [1.807, 2.05) is 0 Å². The van der Waals surface area contributed by atoms with Gasteiger partial charge < -0.3 is 9.47 Å². The van der Waals surface area contributed by atoms with Gasteiger partial charge in [0, 0.05) is 23.3 Å². The molecule has 0 spiro atoms. The standard InChI is InChI=1S/C26H21FO6/c1-4-24(28)31-21-13-14-22(23(27)15-21)17-5-7-18(8-6-17)25(33-30)19-9-11-20(12-10-19)32-26(29)16(2)3/h4-15,25,30H,1-2H2,3H3. The molecule has 0 bridgehead atoms. The fourth-order valence-corrected chi connectivity index (χ4v) is 3.01. The number of carbonyl (C=O) groups is 2. The average molecular weight is 448 g/mol. The molecule has 1 unspecified atom stereocenters. The third-order valence-electron chi connectivity index (χ3n) is 4.70. The third kappa shape index (κ3) is 5.79. The molecule has 7 heteroatoms. The average Bonchev–Trinajstić information content (AvgIpc) is 2.81. The van der Waals surface area contributed by atoms with E-state index < -0.39 is 23.9 Å². The van der Waals surface area contributed by atoms with Crippen molar-refractivity contribution >= 4 is 11.9 Å². The lowest BCUT2D eigenvalue weighted by Gasteiger charge is -2.15. The molecule has 0 aromatic heterocycles. The lowest BCUT2D eigenvalue weighted by molar-refractivity contribution is -0.270. The molecule has 3 aromatic carbocycles. The second-order valence-electron chi connectivity index (χ2n) is 7.11. The number of esters is 2. The van der Waals surface area contributed by atoms with Crippen molar-refractivity contribution in [1.29, 1.82) is 0 Å². The molecule has 1 atom stereocenters. The van der Waals surface area contributed by atoms with Crippen molar-refractivity contribution in [3.63, 3.8) is 0 Å². The number of hydrogen-bond acceptors (Lipinski definition) is 6. The van der Waals surface area contributed by atoms with Gasteiger partial charge in [-0.05, 0) is 47.9 Å². The van der Waals surface area contributed by atoms with Crippen LogP contribution in [0.2, 0.25) is 0 Å². The monoisotopic (exact) mass is 448 g/mol. The van der Waals surface area contributed by atoms with Crippen LogP contribution in [0.3, 0.4) is 0 Å². The summed E-state index contributed by atoms with van der Waals surface area (Å²) in [5.41, 5.74) is 2.39. The highest BCUT2D eigenvalue weighted by Gasteiger charge is 2.17. The SMILES string of the molecule is C=CC(=O)Oc1ccc(-c2ccc(C(OO)c3ccc(OC(=O)C(=C)C)cc3)cc2)c(F)c1. The van der Waals surface area contributed by atoms with Gasteiger partial charge in [0.05, 0.1) is 0 Å². The molecule has 0 aliphatic heterocycles. The second-order valence-corrected chi connectivity index (χ2v) is 7.11. The van der Waals surface area contributed by atoms with Gasteiger partial charge in [0.2, 0.25) is 0 Å². The summed E-state index contributed by atoms with van der Waals surface area (Å²) in [4.78, 5) is 27.6. The first-order valence-corrected chi connectivity index (χ1v) is 9.84. The normalized spacial score (nSPS) is 11.4. The summed E-state index contributed by atoms with van der Waals surface area (Å²) in [6.07, 6.45) is 0.183. The minimum Gasteiger partial charge on any atom is -0.423 e. The van der Waals surface area contributed by atoms with E-state index in [-0.39, 0.29) is 11.3 Å². The first-order chi connectivity index (χ1) is 15.8. The molecule has 0 fully saturated rings. The number of ether oxygens (including phenoxy) is 2. The van der Waals surface area contributed by atoms with E-state index in [0.29, 0.717) is 28.0 Å². The van der Waals surface area contributed by atoms with E-state index in [1.54, 1.807) is 55.5 Å². The van der Waals surface area contributed by atoms with Crippen molar-refractivity contribution in [2.45, 2.75) is 13.0 Å². The lowest BCUT2D eigenvalue weighted by atomic mass is 9.98. The first-order valence-electron chi connectivity index (χ1n) is 9.84. The van der Waals surface area contributed by atoms with Gasteiger partial charge in [-0.15, -0.1) is 0 Å². The van der Waals surface area contributed by atoms with Crippen LogP contribution in [0.25, 0.3) is 11.1 Å². The first kappa shape index (κ1) is 23.6. The van der Waals surface area contributed by atoms with E-state index in [1.165, 1.54) is 12.1 Å². The highest BCUT2D eigenvalue weighted by atomic mass is 19.1. The number of halogens is 1. The van der Waals surface area contributed by atoms with Crippen LogP contribution in [0.1, 0.15) is 24.2 Å². The number of hydrogen-bond donors (Lipinski definition) is 1. The fourth-order valence-electron chi connectivity index (χ4n) is 3.01. The topological polar surface area (TPSA) is 82.1 Å². The van der Waals surface area contributed by atoms with Gasteiger partial charge >= 0.3 is 11.9 Å². The van der Waals surface area contributed by atoms with E-state index in [0.717, 1.165) is 12.1 Å². The minimum atomic E-state index is -0.810. The van der Waals surface area contributed by atoms with Crippen LogP contribution in [-0.2, 0) is 14.5 Å². The molecular formula is C26H21FO6. The highest BCUT2D eigenvalue weighted by molar-refractivity contribution is 5.88. The molecule has 3 aromatic rings. The van der Waals surface area contributed by atoms with Gasteiger partial charge in [0.1, 0.15) is 23.4 Å². The van der Waals surface area contributed by atoms with Crippen LogP contribution in [0.4, 0.5) is 4.39 Å². The zero-order valence-corrected chi connectivity index (χ0v) is 17.8. The molecule has 168 valence electrons. The molecule has 0 amide bonds. The maximum Gasteiger partial charge on any atom is 0.338 e. The molecule has 1 N–H and O–H groups in total. The zero-order valence-electron chi connectivity index (χ0n) is 17.8. The Bertz CT molecular complexity index is 1180. The summed E-state index contributed by atoms with van der Waals surface area (Å²) in [6, 6.07) is 17.3. The van der Waals surface area contributed by atoms with E-state index in [9.17, 15) is 19.2 Å². The van der Waals surface area contributed by atoms with Crippen LogP contribution in [0.5, 0.6) is 11.5 Å². The Hall–Kier alpha value is -4.07. The maximum absolute atomic E-state index is 14.5. The van der Waals surface area contributed by atoms with E-state index >= 15 is 0 Å². The van der Waals surface area contributed by atoms with Crippen LogP contribution >= 0.6 is 0 Å². The summed E-state index contributed by atoms with van der Waals surface area (Å²) < 4.78 is 24.6. The highest BCUT2D eigenvalue weighted by Crippen LogP contribution is 2.31. The smallest absolute Gasteiger partial charge is 0.338 e. The molecule has 0 aliphatic rings. The Morgan fingerprint density at radius 1 is 0.939 bits per heavy atom. The van der Waals surface area contributed by atoms with Crippen LogP contribution in [-0.4, -0.2) is 17.2 Å². The van der Waals surface area contributed by atoms with Gasteiger partial charge in [0.15, 0.2) is 0 Å². The summed E-state index contributed by atoms with van der Waals surface area (Å²) in [7, 11) is 0. The number of carbonyl (C=O) groups excluding carboxylic acids is 2. The minimum absolute atomic E-state index is 0.0730. The summed E-state index contributed by atoms with van der Waals surface area (Å²) in [5.74, 6) is -1.37. The van der Waals surface area contributed by atoms with Crippen LogP contribution in [0.15, 0.2) is 91.5 Å². The summed E-state index contributed by atoms with van der Waals surface area (Å²) >= 11 is 0. The van der Waals surface area contributed by atoms with Crippen molar-refractivity contribution in [2.24, 2.45) is 0 Å². The van der Waals surface area contributed by atoms with Crippen molar-refractivity contribution in [3.8, 4) is 22.6 Å². The molecule has 0 heterocycles. The Kier molecular flexibility index (Phi) is 7.50. The number of rotatable bonds is 8. The predicted molar refractivity (Wildman–Crippen MR) is 120 cm³/mol. The fraction of sp³-hybridized carbons (Fsp3) is 0.0769. The molecule has 6 nitrogen and oxygen atoms in total. The predicted octanol–water partition coefficient (Wildman–Crippen LogP) is 5.64. The third-order valence-corrected chi connectivity index (χ3v) is 4.70. The van der Waals surface area contributed by atoms with Crippen molar-refractivity contribution in [3.05, 3.63) is 108 Å². The van der Waals surface area contributed by atoms with Crippen LogP contribution in [0, 0.1) is 5.82 Å². The molecule has 33 heavy (non-hydrogen) atoms. The molecular weight excluding hydrogens is 427 g/mol. The van der Waals surface area contributed by atoms with E-state index in [4.69, 9.17) is 9.47 Å². The second kappa shape index (κ2) is 10.5. The molecule has 0 saturated heterocycles. The van der Waals surface area contributed by atoms with Crippen molar-refractivity contribution in [2.75, 3.05) is 0 Å². The molecule has 0 aliphatic carbocycles. The van der Waals surface area contributed by atoms with Gasteiger partial charge in [-0.2, -0.15) is 0 Å². The summed E-state index contributed by atoms with van der Waals surface area (Å²) in [5, 5.41) is 9.47. The Morgan fingerprint density at radius 3 is 2.03 bits per heavy atom. The molecule has 3 rings (SSSR count). The maximum atomic E-state index is 14.5.